The molecule has 10 heteroatoms. The number of amides is 1. The van der Waals surface area contributed by atoms with E-state index in [9.17, 15) is 14.4 Å². The molecular formula is C18H24N3O5S2+. The van der Waals surface area contributed by atoms with Crippen LogP contribution in [0.3, 0.4) is 0 Å². The van der Waals surface area contributed by atoms with Crippen molar-refractivity contribution in [1.29, 1.82) is 0 Å². The van der Waals surface area contributed by atoms with Crippen molar-refractivity contribution >= 4 is 40.0 Å². The van der Waals surface area contributed by atoms with Gasteiger partial charge in [0.2, 0.25) is 5.91 Å². The minimum atomic E-state index is -0.459. The number of hydrogen-bond acceptors (Lipinski definition) is 7. The minimum absolute atomic E-state index is 0.200. The number of thiophene rings is 1. The number of carbonyl (C=O) groups is 2. The Morgan fingerprint density at radius 3 is 2.71 bits per heavy atom. The van der Waals surface area contributed by atoms with E-state index in [4.69, 9.17) is 4.74 Å². The highest BCUT2D eigenvalue weighted by Gasteiger charge is 2.26. The van der Waals surface area contributed by atoms with Crippen molar-refractivity contribution in [2.75, 3.05) is 18.2 Å². The van der Waals surface area contributed by atoms with E-state index in [1.54, 1.807) is 7.05 Å². The highest BCUT2D eigenvalue weighted by atomic mass is 32.2. The Balaban J connectivity index is 1.70. The quantitative estimate of drug-likeness (QED) is 0.418. The molecule has 0 radical (unpaired) electrons. The number of aromatic nitrogens is 2. The molecule has 0 bridgehead atoms. The summed E-state index contributed by atoms with van der Waals surface area (Å²) in [6.07, 6.45) is 6.44. The molecule has 0 saturated heterocycles. The number of esters is 1. The SMILES string of the molecule is COC(=O)c1c(NC(=O)CCSc2c(=O)o[nH][n+]2C)sc2c1CCCCCC2. The molecule has 28 heavy (non-hydrogen) atoms. The largest absolute Gasteiger partial charge is 0.465 e. The first-order valence-electron chi connectivity index (χ1n) is 9.24. The first kappa shape index (κ1) is 20.7. The Labute approximate surface area is 170 Å². The highest BCUT2D eigenvalue weighted by molar-refractivity contribution is 7.99. The van der Waals surface area contributed by atoms with Crippen LogP contribution in [-0.2, 0) is 29.4 Å². The monoisotopic (exact) mass is 426 g/mol. The average molecular weight is 427 g/mol. The number of fused-ring (bicyclic) bond motifs is 1. The maximum Gasteiger partial charge on any atom is 0.441 e. The number of H-pyrrole nitrogens is 1. The lowest BCUT2D eigenvalue weighted by molar-refractivity contribution is -0.772. The van der Waals surface area contributed by atoms with Crippen LogP contribution in [0.4, 0.5) is 5.00 Å². The van der Waals surface area contributed by atoms with Gasteiger partial charge in [-0.15, -0.1) is 11.3 Å². The number of methoxy groups -OCH3 is 1. The van der Waals surface area contributed by atoms with E-state index in [2.05, 4.69) is 15.1 Å². The number of nitrogens with zero attached hydrogens (tertiary/aromatic N) is 1. The standard InChI is InChI=1S/C18H23N3O5S2/c1-21-16(18(24)26-20-21)27-10-9-13(22)19-15-14(17(23)25-2)11-7-5-3-4-6-8-12(11)28-15/h3-10H2,1-2H3,(H-,19,20,22,23,24)/p+1. The van der Waals surface area contributed by atoms with E-state index in [1.165, 1.54) is 46.2 Å². The molecule has 2 aromatic heterocycles. The van der Waals surface area contributed by atoms with Crippen molar-refractivity contribution in [2.24, 2.45) is 7.05 Å². The summed E-state index contributed by atoms with van der Waals surface area (Å²) >= 11 is 2.72. The Morgan fingerprint density at radius 1 is 1.29 bits per heavy atom. The van der Waals surface area contributed by atoms with Crippen LogP contribution in [0, 0.1) is 0 Å². The summed E-state index contributed by atoms with van der Waals surface area (Å²) in [5, 5.41) is 6.29. The predicted molar refractivity (Wildman–Crippen MR) is 106 cm³/mol. The molecule has 152 valence electrons. The van der Waals surface area contributed by atoms with Gasteiger partial charge in [0.1, 0.15) is 5.00 Å². The number of nitrogens with one attached hydrogen (secondary N) is 2. The fourth-order valence-electron chi connectivity index (χ4n) is 3.24. The Morgan fingerprint density at radius 2 is 2.04 bits per heavy atom. The van der Waals surface area contributed by atoms with E-state index >= 15 is 0 Å². The summed E-state index contributed by atoms with van der Waals surface area (Å²) in [6.45, 7) is 0. The van der Waals surface area contributed by atoms with E-state index in [1.807, 2.05) is 0 Å². The van der Waals surface area contributed by atoms with E-state index in [-0.39, 0.29) is 12.3 Å². The molecule has 0 aliphatic heterocycles. The number of ether oxygens (including phenoxy) is 1. The molecule has 0 unspecified atom stereocenters. The number of aryl methyl sites for hydroxylation is 2. The maximum atomic E-state index is 12.4. The Hall–Kier alpha value is -2.07. The van der Waals surface area contributed by atoms with Crippen LogP contribution in [0.15, 0.2) is 14.3 Å². The number of aromatic amines is 1. The third-order valence-electron chi connectivity index (χ3n) is 4.64. The van der Waals surface area contributed by atoms with Crippen molar-refractivity contribution in [3.63, 3.8) is 0 Å². The van der Waals surface area contributed by atoms with Crippen molar-refractivity contribution in [3.05, 3.63) is 26.4 Å². The summed E-state index contributed by atoms with van der Waals surface area (Å²) < 4.78 is 11.1. The van der Waals surface area contributed by atoms with Gasteiger partial charge in [-0.05, 0) is 48.3 Å². The zero-order valence-electron chi connectivity index (χ0n) is 16.0. The van der Waals surface area contributed by atoms with Crippen LogP contribution in [0.2, 0.25) is 0 Å². The maximum absolute atomic E-state index is 12.4. The smallest absolute Gasteiger partial charge is 0.441 e. The first-order valence-corrected chi connectivity index (χ1v) is 11.0. The lowest BCUT2D eigenvalue weighted by atomic mass is 9.96. The van der Waals surface area contributed by atoms with Crippen molar-refractivity contribution in [3.8, 4) is 0 Å². The van der Waals surface area contributed by atoms with Crippen LogP contribution >= 0.6 is 23.1 Å². The van der Waals surface area contributed by atoms with E-state index in [0.29, 0.717) is 21.3 Å². The fourth-order valence-corrected chi connectivity index (χ4v) is 5.41. The van der Waals surface area contributed by atoms with Gasteiger partial charge in [-0.2, -0.15) is 0 Å². The molecule has 0 atom stereocenters. The summed E-state index contributed by atoms with van der Waals surface area (Å²) in [4.78, 5) is 37.5. The van der Waals surface area contributed by atoms with Crippen molar-refractivity contribution in [2.45, 2.75) is 50.0 Å². The first-order chi connectivity index (χ1) is 13.5. The summed E-state index contributed by atoms with van der Waals surface area (Å²) in [6, 6.07) is 0. The zero-order valence-corrected chi connectivity index (χ0v) is 17.6. The molecule has 2 heterocycles. The molecule has 3 rings (SSSR count). The molecule has 1 aliphatic rings. The normalized spacial score (nSPS) is 14.1. The van der Waals surface area contributed by atoms with Gasteiger partial charge in [-0.1, -0.05) is 17.5 Å². The predicted octanol–water partition coefficient (Wildman–Crippen LogP) is 2.42. The van der Waals surface area contributed by atoms with Crippen LogP contribution in [0.25, 0.3) is 0 Å². The zero-order chi connectivity index (χ0) is 20.1. The highest BCUT2D eigenvalue weighted by Crippen LogP contribution is 2.37. The number of thioether (sulfide) groups is 1. The Kier molecular flexibility index (Phi) is 6.95. The third kappa shape index (κ3) is 4.67. The summed E-state index contributed by atoms with van der Waals surface area (Å²) in [5.74, 6) is -0.185. The van der Waals surface area contributed by atoms with Gasteiger partial charge in [0.15, 0.2) is 7.05 Å². The number of hydrogen-bond donors (Lipinski definition) is 2. The van der Waals surface area contributed by atoms with Crippen LogP contribution in [0.5, 0.6) is 0 Å². The topological polar surface area (TPSA) is 105 Å². The molecule has 8 nitrogen and oxygen atoms in total. The second kappa shape index (κ2) is 9.42. The lowest BCUT2D eigenvalue weighted by Crippen LogP contribution is -2.33. The second-order valence-corrected chi connectivity index (χ2v) is 8.79. The van der Waals surface area contributed by atoms with Gasteiger partial charge in [-0.3, -0.25) is 9.32 Å². The van der Waals surface area contributed by atoms with Crippen molar-refractivity contribution in [1.82, 2.24) is 5.27 Å². The number of anilines is 1. The van der Waals surface area contributed by atoms with Crippen molar-refractivity contribution < 1.29 is 23.5 Å². The molecule has 0 fully saturated rings. The van der Waals surface area contributed by atoms with Crippen LogP contribution in [-0.4, -0.2) is 30.0 Å². The second-order valence-electron chi connectivity index (χ2n) is 6.61. The average Bonchev–Trinajstić information content (AvgIpc) is 3.14. The third-order valence-corrected chi connectivity index (χ3v) is 6.97. The van der Waals surface area contributed by atoms with Gasteiger partial charge in [0.05, 0.1) is 12.7 Å². The van der Waals surface area contributed by atoms with E-state index < -0.39 is 11.6 Å². The van der Waals surface area contributed by atoms with Gasteiger partial charge in [-0.25, -0.2) is 9.59 Å². The molecule has 1 aliphatic carbocycles. The Bertz CT molecular complexity index is 915. The van der Waals surface area contributed by atoms with Crippen LogP contribution in [0.1, 0.15) is 52.9 Å². The molecule has 0 aromatic carbocycles. The minimum Gasteiger partial charge on any atom is -0.465 e. The fraction of sp³-hybridized carbons (Fsp3) is 0.556. The molecule has 2 aromatic rings. The van der Waals surface area contributed by atoms with Gasteiger partial charge in [0.25, 0.3) is 0 Å². The van der Waals surface area contributed by atoms with Gasteiger partial charge in [0, 0.05) is 17.1 Å². The number of rotatable bonds is 6. The molecule has 2 N–H and O–H groups in total. The molecule has 0 saturated carbocycles. The summed E-state index contributed by atoms with van der Waals surface area (Å²) in [7, 11) is 3.03. The number of carbonyl (C=O) groups excluding carboxylic acids is 2. The van der Waals surface area contributed by atoms with E-state index in [0.717, 1.165) is 37.7 Å². The van der Waals surface area contributed by atoms with Gasteiger partial charge < -0.3 is 10.1 Å². The molecule has 0 spiro atoms. The van der Waals surface area contributed by atoms with Crippen LogP contribution < -0.4 is 15.6 Å². The molecular weight excluding hydrogens is 402 g/mol. The summed E-state index contributed by atoms with van der Waals surface area (Å²) in [5.41, 5.74) is 1.07. The lowest BCUT2D eigenvalue weighted by Gasteiger charge is -2.10. The molecule has 1 amide bonds. The van der Waals surface area contributed by atoms with Gasteiger partial charge >= 0.3 is 16.6 Å².